The van der Waals surface area contributed by atoms with Crippen LogP contribution in [-0.2, 0) is 14.4 Å². The number of amides is 2. The molecule has 0 spiro atoms. The first-order valence-corrected chi connectivity index (χ1v) is 13.4. The number of carbonyl (C=O) groups is 3. The Morgan fingerprint density at radius 3 is 2.59 bits per heavy atom. The minimum Gasteiger partial charge on any atom is -0.477 e. The van der Waals surface area contributed by atoms with Crippen molar-refractivity contribution in [3.8, 4) is 0 Å². The van der Waals surface area contributed by atoms with Crippen molar-refractivity contribution in [2.75, 3.05) is 17.6 Å². The maximum absolute atomic E-state index is 13.0. The summed E-state index contributed by atoms with van der Waals surface area (Å²) in [5.41, 5.74) is 2.32. The molecule has 3 N–H and O–H groups in total. The maximum Gasteiger partial charge on any atom is 0.353 e. The molecular formula is C27H21N3O5S2. The van der Waals surface area contributed by atoms with E-state index in [0.717, 1.165) is 32.5 Å². The zero-order chi connectivity index (χ0) is 25.5. The maximum atomic E-state index is 13.0. The van der Waals surface area contributed by atoms with Gasteiger partial charge in [0.2, 0.25) is 5.91 Å². The van der Waals surface area contributed by atoms with Crippen LogP contribution in [-0.4, -0.2) is 51.5 Å². The van der Waals surface area contributed by atoms with E-state index >= 15 is 0 Å². The highest BCUT2D eigenvalue weighted by atomic mass is 32.2. The van der Waals surface area contributed by atoms with E-state index in [1.165, 1.54) is 28.4 Å². The van der Waals surface area contributed by atoms with Gasteiger partial charge in [-0.15, -0.1) is 11.8 Å². The van der Waals surface area contributed by atoms with Gasteiger partial charge in [-0.25, -0.2) is 4.79 Å². The molecule has 0 bridgehead atoms. The molecule has 1 saturated heterocycles. The molecule has 2 aliphatic heterocycles. The number of β-lactam (4-membered cyclic amide) rings is 1. The Morgan fingerprint density at radius 1 is 1.03 bits per heavy atom. The molecule has 2 aliphatic rings. The highest BCUT2D eigenvalue weighted by molar-refractivity contribution is 8.06. The number of para-hydroxylation sites is 2. The van der Waals surface area contributed by atoms with Gasteiger partial charge in [-0.1, -0.05) is 48.2 Å². The number of nitrogens with zero attached hydrogens (tertiary/aromatic N) is 1. The van der Waals surface area contributed by atoms with Crippen LogP contribution in [0.2, 0.25) is 0 Å². The van der Waals surface area contributed by atoms with Crippen molar-refractivity contribution in [3.63, 3.8) is 0 Å². The third-order valence-corrected chi connectivity index (χ3v) is 8.80. The van der Waals surface area contributed by atoms with E-state index in [1.807, 2.05) is 72.8 Å². The molecule has 2 atom stereocenters. The van der Waals surface area contributed by atoms with Crippen molar-refractivity contribution < 1.29 is 23.9 Å². The van der Waals surface area contributed by atoms with E-state index < -0.39 is 23.3 Å². The Balaban J connectivity index is 1.19. The first kappa shape index (κ1) is 23.5. The lowest BCUT2D eigenvalue weighted by Crippen LogP contribution is -2.70. The molecular weight excluding hydrogens is 510 g/mol. The molecule has 4 aromatic rings. The van der Waals surface area contributed by atoms with E-state index in [-0.39, 0.29) is 18.1 Å². The van der Waals surface area contributed by atoms with Crippen LogP contribution in [0.3, 0.4) is 0 Å². The second kappa shape index (κ2) is 9.53. The van der Waals surface area contributed by atoms with Crippen molar-refractivity contribution in [2.24, 2.45) is 0 Å². The Bertz CT molecular complexity index is 1580. The summed E-state index contributed by atoms with van der Waals surface area (Å²) in [5, 5.41) is 17.2. The van der Waals surface area contributed by atoms with Crippen LogP contribution in [0.5, 0.6) is 0 Å². The zero-order valence-electron chi connectivity index (χ0n) is 19.3. The minimum atomic E-state index is -1.16. The predicted octanol–water partition coefficient (Wildman–Crippen LogP) is 4.49. The van der Waals surface area contributed by atoms with Gasteiger partial charge in [0.15, 0.2) is 0 Å². The van der Waals surface area contributed by atoms with Crippen LogP contribution in [0.25, 0.3) is 21.9 Å². The lowest BCUT2D eigenvalue weighted by molar-refractivity contribution is -0.150. The summed E-state index contributed by atoms with van der Waals surface area (Å²) in [4.78, 5) is 40.4. The first-order valence-electron chi connectivity index (χ1n) is 11.6. The normalized spacial score (nSPS) is 19.0. The molecule has 2 amide bonds. The number of hydrogen-bond donors (Lipinski definition) is 3. The van der Waals surface area contributed by atoms with Gasteiger partial charge in [0.05, 0.1) is 6.54 Å². The number of rotatable bonds is 7. The predicted molar refractivity (Wildman–Crippen MR) is 144 cm³/mol. The fraction of sp³-hybridized carbons (Fsp3) is 0.148. The summed E-state index contributed by atoms with van der Waals surface area (Å²) in [5.74, 6) is -1.49. The van der Waals surface area contributed by atoms with Gasteiger partial charge < -0.3 is 20.2 Å². The average molecular weight is 532 g/mol. The summed E-state index contributed by atoms with van der Waals surface area (Å²) in [7, 11) is 0. The van der Waals surface area contributed by atoms with Crippen LogP contribution in [0.1, 0.15) is 0 Å². The Morgan fingerprint density at radius 2 is 1.78 bits per heavy atom. The number of thioether (sulfide) groups is 2. The van der Waals surface area contributed by atoms with Crippen molar-refractivity contribution in [1.82, 2.24) is 10.2 Å². The second-order valence-electron chi connectivity index (χ2n) is 8.61. The first-order chi connectivity index (χ1) is 18.0. The van der Waals surface area contributed by atoms with Crippen molar-refractivity contribution in [3.05, 3.63) is 83.4 Å². The van der Waals surface area contributed by atoms with Crippen molar-refractivity contribution in [1.29, 1.82) is 0 Å². The van der Waals surface area contributed by atoms with Gasteiger partial charge in [0.25, 0.3) is 5.91 Å². The smallest absolute Gasteiger partial charge is 0.353 e. The summed E-state index contributed by atoms with van der Waals surface area (Å²) in [6.45, 7) is 0.0130. The van der Waals surface area contributed by atoms with Crippen LogP contribution < -0.4 is 10.6 Å². The third-order valence-electron chi connectivity index (χ3n) is 6.27. The number of carboxylic acid groups (broad SMARTS) is 1. The quantitative estimate of drug-likeness (QED) is 0.299. The molecule has 6 rings (SSSR count). The second-order valence-corrected chi connectivity index (χ2v) is 10.9. The number of anilines is 1. The molecule has 8 nitrogen and oxygen atoms in total. The van der Waals surface area contributed by atoms with E-state index in [0.29, 0.717) is 10.7 Å². The average Bonchev–Trinajstić information content (AvgIpc) is 3.28. The highest BCUT2D eigenvalue weighted by Crippen LogP contribution is 2.45. The number of hydrogen-bond acceptors (Lipinski definition) is 7. The molecule has 1 fully saturated rings. The fourth-order valence-electron chi connectivity index (χ4n) is 4.54. The summed E-state index contributed by atoms with van der Waals surface area (Å²) in [6.07, 6.45) is 0. The zero-order valence-corrected chi connectivity index (χ0v) is 21.0. The molecule has 37 heavy (non-hydrogen) atoms. The van der Waals surface area contributed by atoms with E-state index in [2.05, 4.69) is 10.6 Å². The van der Waals surface area contributed by atoms with Crippen molar-refractivity contribution in [2.45, 2.75) is 16.3 Å². The molecule has 3 aromatic carbocycles. The van der Waals surface area contributed by atoms with E-state index in [9.17, 15) is 19.5 Å². The molecule has 10 heteroatoms. The number of furan rings is 1. The lowest BCUT2D eigenvalue weighted by atomic mass is 10.1. The number of benzene rings is 3. The van der Waals surface area contributed by atoms with Gasteiger partial charge in [0, 0.05) is 32.0 Å². The van der Waals surface area contributed by atoms with E-state index in [4.69, 9.17) is 4.42 Å². The van der Waals surface area contributed by atoms with Crippen molar-refractivity contribution >= 4 is 68.9 Å². The molecule has 0 saturated carbocycles. The van der Waals surface area contributed by atoms with Crippen LogP contribution >= 0.6 is 23.5 Å². The van der Waals surface area contributed by atoms with Gasteiger partial charge in [-0.3, -0.25) is 14.5 Å². The van der Waals surface area contributed by atoms with Gasteiger partial charge in [-0.2, -0.15) is 0 Å². The summed E-state index contributed by atoms with van der Waals surface area (Å²) < 4.78 is 5.89. The number of nitrogens with one attached hydrogen (secondary N) is 2. The highest BCUT2D eigenvalue weighted by Gasteiger charge is 2.54. The molecule has 186 valence electrons. The number of carbonyl (C=O) groups excluding carboxylic acids is 2. The van der Waals surface area contributed by atoms with Crippen LogP contribution in [0.15, 0.2) is 92.7 Å². The third kappa shape index (κ3) is 4.32. The standard InChI is InChI=1S/C27H21N3O5S2/c31-22(13-28-15-6-2-1-3-7-15)29-23-25(32)30-24(27(33)34)21(14-36-26(23)30)37-16-10-11-20-18(12-16)17-8-4-5-9-19(17)35-20/h1-12,23,26,28H,13-14H2,(H,29,31)(H,33,34)/t23-,26+/m1/s1. The number of fused-ring (bicyclic) bond motifs is 4. The Labute approximate surface area is 220 Å². The van der Waals surface area contributed by atoms with Gasteiger partial charge in [-0.05, 0) is 36.4 Å². The summed E-state index contributed by atoms with van der Waals surface area (Å²) in [6, 6.07) is 22.0. The molecule has 3 heterocycles. The molecule has 1 aromatic heterocycles. The lowest BCUT2D eigenvalue weighted by Gasteiger charge is -2.49. The van der Waals surface area contributed by atoms with Gasteiger partial charge >= 0.3 is 5.97 Å². The Kier molecular flexibility index (Phi) is 6.05. The summed E-state index contributed by atoms with van der Waals surface area (Å²) >= 11 is 2.78. The molecule has 0 unspecified atom stereocenters. The van der Waals surface area contributed by atoms with E-state index in [1.54, 1.807) is 0 Å². The monoisotopic (exact) mass is 531 g/mol. The topological polar surface area (TPSA) is 112 Å². The molecule has 0 radical (unpaired) electrons. The molecule has 0 aliphatic carbocycles. The number of carboxylic acids is 1. The largest absolute Gasteiger partial charge is 0.477 e. The van der Waals surface area contributed by atoms with Crippen LogP contribution in [0.4, 0.5) is 5.69 Å². The Hall–Kier alpha value is -3.89. The SMILES string of the molecule is O=C(CNc1ccccc1)N[C@@H]1C(=O)N2C(C(=O)O)=C(Sc3ccc4oc5ccccc5c4c3)CS[C@@H]12. The minimum absolute atomic E-state index is 0.0130. The van der Waals surface area contributed by atoms with Gasteiger partial charge in [0.1, 0.15) is 28.3 Å². The fourth-order valence-corrected chi connectivity index (χ4v) is 7.06. The number of aliphatic carboxylic acids is 1. The van der Waals surface area contributed by atoms with Crippen LogP contribution in [0, 0.1) is 0 Å².